The number of nitrogens with zero attached hydrogens (tertiary/aromatic N) is 2. The molecule has 4 nitrogen and oxygen atoms in total. The third-order valence-electron chi connectivity index (χ3n) is 4.85. The molecule has 18 heavy (non-hydrogen) atoms. The van der Waals surface area contributed by atoms with Crippen LogP contribution < -0.4 is 5.73 Å². The summed E-state index contributed by atoms with van der Waals surface area (Å²) in [5.41, 5.74) is 6.34. The van der Waals surface area contributed by atoms with E-state index in [2.05, 4.69) is 23.6 Å². The minimum atomic E-state index is 0.196. The Morgan fingerprint density at radius 1 is 1.39 bits per heavy atom. The molecule has 2 unspecified atom stereocenters. The summed E-state index contributed by atoms with van der Waals surface area (Å²) < 4.78 is 5.55. The average Bonchev–Trinajstić information content (AvgIpc) is 2.85. The average molecular weight is 255 g/mol. The van der Waals surface area contributed by atoms with Crippen LogP contribution in [0, 0.1) is 0 Å². The molecule has 2 atom stereocenters. The van der Waals surface area contributed by atoms with E-state index in [-0.39, 0.29) is 5.54 Å². The summed E-state index contributed by atoms with van der Waals surface area (Å²) in [6.07, 6.45) is 4.04. The highest BCUT2D eigenvalue weighted by atomic mass is 16.5. The van der Waals surface area contributed by atoms with Crippen LogP contribution in [-0.2, 0) is 4.74 Å². The van der Waals surface area contributed by atoms with Gasteiger partial charge >= 0.3 is 0 Å². The van der Waals surface area contributed by atoms with E-state index >= 15 is 0 Å². The number of ether oxygens (including phenoxy) is 1. The zero-order valence-corrected chi connectivity index (χ0v) is 12.2. The number of hydrogen-bond acceptors (Lipinski definition) is 4. The predicted octanol–water partition coefficient (Wildman–Crippen LogP) is 0.909. The van der Waals surface area contributed by atoms with Crippen LogP contribution in [0.15, 0.2) is 0 Å². The minimum absolute atomic E-state index is 0.196. The first-order valence-electron chi connectivity index (χ1n) is 7.33. The van der Waals surface area contributed by atoms with Gasteiger partial charge < -0.3 is 10.5 Å². The van der Waals surface area contributed by atoms with E-state index in [9.17, 15) is 0 Å². The molecule has 4 heteroatoms. The number of hydrogen-bond donors (Lipinski definition) is 1. The fourth-order valence-electron chi connectivity index (χ4n) is 3.44. The van der Waals surface area contributed by atoms with E-state index in [0.29, 0.717) is 12.1 Å². The fourth-order valence-corrected chi connectivity index (χ4v) is 3.44. The van der Waals surface area contributed by atoms with Crippen LogP contribution in [0.25, 0.3) is 0 Å². The minimum Gasteiger partial charge on any atom is -0.380 e. The molecule has 0 amide bonds. The first-order chi connectivity index (χ1) is 8.61. The number of likely N-dealkylation sites (tertiary alicyclic amines) is 2. The lowest BCUT2D eigenvalue weighted by molar-refractivity contribution is -0.0149. The van der Waals surface area contributed by atoms with Gasteiger partial charge in [-0.3, -0.25) is 9.80 Å². The van der Waals surface area contributed by atoms with Crippen LogP contribution >= 0.6 is 0 Å². The third-order valence-corrected chi connectivity index (χ3v) is 4.85. The summed E-state index contributed by atoms with van der Waals surface area (Å²) in [6, 6.07) is 0.626. The maximum absolute atomic E-state index is 6.14. The molecule has 0 bridgehead atoms. The summed E-state index contributed by atoms with van der Waals surface area (Å²) in [7, 11) is 1.83. The molecule has 0 saturated carbocycles. The van der Waals surface area contributed by atoms with Gasteiger partial charge in [-0.2, -0.15) is 0 Å². The topological polar surface area (TPSA) is 41.7 Å². The van der Waals surface area contributed by atoms with E-state index in [1.165, 1.54) is 32.4 Å². The van der Waals surface area contributed by atoms with Gasteiger partial charge in [0.1, 0.15) is 0 Å². The van der Waals surface area contributed by atoms with Crippen molar-refractivity contribution >= 4 is 0 Å². The number of methoxy groups -OCH3 is 1. The lowest BCUT2D eigenvalue weighted by atomic mass is 9.92. The molecule has 2 aliphatic rings. The largest absolute Gasteiger partial charge is 0.380 e. The predicted molar refractivity (Wildman–Crippen MR) is 74.7 cm³/mol. The summed E-state index contributed by atoms with van der Waals surface area (Å²) in [5.74, 6) is 0. The van der Waals surface area contributed by atoms with Crippen molar-refractivity contribution in [3.63, 3.8) is 0 Å². The van der Waals surface area contributed by atoms with E-state index in [0.717, 1.165) is 19.6 Å². The molecule has 2 saturated heterocycles. The zero-order valence-electron chi connectivity index (χ0n) is 12.2. The van der Waals surface area contributed by atoms with Gasteiger partial charge in [0, 0.05) is 44.9 Å². The summed E-state index contributed by atoms with van der Waals surface area (Å²) in [5, 5.41) is 0. The Morgan fingerprint density at radius 2 is 2.17 bits per heavy atom. The molecular formula is C14H29N3O. The number of rotatable bonds is 4. The molecule has 0 radical (unpaired) electrons. The van der Waals surface area contributed by atoms with Gasteiger partial charge in [-0.05, 0) is 39.7 Å². The van der Waals surface area contributed by atoms with E-state index < -0.39 is 0 Å². The molecule has 0 aromatic carbocycles. The lowest BCUT2D eigenvalue weighted by Gasteiger charge is -2.45. The smallest absolute Gasteiger partial charge is 0.0698 e. The Kier molecular flexibility index (Phi) is 4.64. The molecule has 0 aliphatic carbocycles. The monoisotopic (exact) mass is 255 g/mol. The van der Waals surface area contributed by atoms with Crippen molar-refractivity contribution in [2.75, 3.05) is 39.8 Å². The van der Waals surface area contributed by atoms with E-state index in [4.69, 9.17) is 10.5 Å². The van der Waals surface area contributed by atoms with Gasteiger partial charge in [0.2, 0.25) is 0 Å². The second kappa shape index (κ2) is 5.87. The Morgan fingerprint density at radius 3 is 2.72 bits per heavy atom. The van der Waals surface area contributed by atoms with Crippen LogP contribution in [0.5, 0.6) is 0 Å². The molecule has 2 rings (SSSR count). The second-order valence-corrected chi connectivity index (χ2v) is 6.19. The Balaban J connectivity index is 2.04. The van der Waals surface area contributed by atoms with Crippen LogP contribution in [-0.4, -0.2) is 67.3 Å². The first-order valence-corrected chi connectivity index (χ1v) is 7.33. The first kappa shape index (κ1) is 14.3. The highest BCUT2D eigenvalue weighted by Gasteiger charge is 2.43. The molecule has 2 heterocycles. The molecule has 0 aromatic heterocycles. The molecule has 0 spiro atoms. The third kappa shape index (κ3) is 2.72. The molecule has 2 N–H and O–H groups in total. The molecule has 2 aliphatic heterocycles. The molecule has 2 fully saturated rings. The molecule has 106 valence electrons. The quantitative estimate of drug-likeness (QED) is 0.811. The fraction of sp³-hybridized carbons (Fsp3) is 1.00. The van der Waals surface area contributed by atoms with Crippen molar-refractivity contribution in [1.82, 2.24) is 9.80 Å². The van der Waals surface area contributed by atoms with Crippen molar-refractivity contribution in [3.8, 4) is 0 Å². The van der Waals surface area contributed by atoms with Crippen LogP contribution in [0.1, 0.15) is 33.1 Å². The van der Waals surface area contributed by atoms with Gasteiger partial charge in [-0.1, -0.05) is 0 Å². The van der Waals surface area contributed by atoms with Gasteiger partial charge in [0.05, 0.1) is 6.10 Å². The maximum atomic E-state index is 6.14. The van der Waals surface area contributed by atoms with Crippen LogP contribution in [0.2, 0.25) is 0 Å². The number of nitrogens with two attached hydrogens (primary N) is 1. The van der Waals surface area contributed by atoms with Crippen molar-refractivity contribution < 1.29 is 4.74 Å². The van der Waals surface area contributed by atoms with Crippen molar-refractivity contribution in [2.24, 2.45) is 5.73 Å². The molecular weight excluding hydrogens is 226 g/mol. The number of piperidine rings is 1. The highest BCUT2D eigenvalue weighted by molar-refractivity contribution is 5.02. The van der Waals surface area contributed by atoms with E-state index in [1.807, 2.05) is 7.11 Å². The Hall–Kier alpha value is -0.160. The van der Waals surface area contributed by atoms with Crippen molar-refractivity contribution in [3.05, 3.63) is 0 Å². The summed E-state index contributed by atoms with van der Waals surface area (Å²) >= 11 is 0. The zero-order chi connectivity index (χ0) is 13.2. The van der Waals surface area contributed by atoms with Crippen molar-refractivity contribution in [1.29, 1.82) is 0 Å². The standard InChI is InChI=1S/C14H29N3O/c1-12(2)16-8-6-14(10-15,11-16)17-7-4-5-13(9-17)18-3/h12-13H,4-11,15H2,1-3H3. The Labute approximate surface area is 111 Å². The van der Waals surface area contributed by atoms with Gasteiger partial charge in [-0.15, -0.1) is 0 Å². The van der Waals surface area contributed by atoms with E-state index in [1.54, 1.807) is 0 Å². The van der Waals surface area contributed by atoms with Crippen molar-refractivity contribution in [2.45, 2.75) is 50.8 Å². The van der Waals surface area contributed by atoms with Gasteiger partial charge in [-0.25, -0.2) is 0 Å². The highest BCUT2D eigenvalue weighted by Crippen LogP contribution is 2.31. The van der Waals surface area contributed by atoms with Gasteiger partial charge in [0.15, 0.2) is 0 Å². The normalized spacial score (nSPS) is 35.5. The van der Waals surface area contributed by atoms with Crippen LogP contribution in [0.3, 0.4) is 0 Å². The Bertz CT molecular complexity index is 272. The maximum Gasteiger partial charge on any atom is 0.0698 e. The molecule has 0 aromatic rings. The summed E-state index contributed by atoms with van der Waals surface area (Å²) in [4.78, 5) is 5.16. The summed E-state index contributed by atoms with van der Waals surface area (Å²) in [6.45, 7) is 9.87. The van der Waals surface area contributed by atoms with Gasteiger partial charge in [0.25, 0.3) is 0 Å². The SMILES string of the molecule is COC1CCCN(C2(CN)CCN(C(C)C)C2)C1. The second-order valence-electron chi connectivity index (χ2n) is 6.19. The lowest BCUT2D eigenvalue weighted by Crippen LogP contribution is -2.59. The van der Waals surface area contributed by atoms with Crippen LogP contribution in [0.4, 0.5) is 0 Å².